The molecule has 0 radical (unpaired) electrons. The van der Waals surface area contributed by atoms with Crippen molar-refractivity contribution >= 4 is 11.9 Å². The van der Waals surface area contributed by atoms with Crippen molar-refractivity contribution in [2.75, 3.05) is 32.8 Å². The van der Waals surface area contributed by atoms with E-state index in [2.05, 4.69) is 43.4 Å². The lowest BCUT2D eigenvalue weighted by atomic mass is 9.82. The van der Waals surface area contributed by atoms with E-state index < -0.39 is 5.54 Å². The number of piperazine rings is 1. The van der Waals surface area contributed by atoms with Crippen LogP contribution in [0.25, 0.3) is 0 Å². The summed E-state index contributed by atoms with van der Waals surface area (Å²) in [4.78, 5) is 29.9. The van der Waals surface area contributed by atoms with Gasteiger partial charge in [0.25, 0.3) is 5.91 Å². The van der Waals surface area contributed by atoms with Crippen LogP contribution in [0.5, 0.6) is 0 Å². The molecule has 3 N–H and O–H groups in total. The van der Waals surface area contributed by atoms with Gasteiger partial charge in [-0.05, 0) is 24.3 Å². The van der Waals surface area contributed by atoms with Gasteiger partial charge in [-0.15, -0.1) is 0 Å². The molecule has 1 aliphatic carbocycles. The lowest BCUT2D eigenvalue weighted by Gasteiger charge is -2.32. The first-order chi connectivity index (χ1) is 14.0. The van der Waals surface area contributed by atoms with E-state index in [1.807, 2.05) is 0 Å². The van der Waals surface area contributed by atoms with Crippen molar-refractivity contribution in [1.82, 2.24) is 10.2 Å². The molecule has 0 unspecified atom stereocenters. The summed E-state index contributed by atoms with van der Waals surface area (Å²) in [5, 5.41) is 3.03. The summed E-state index contributed by atoms with van der Waals surface area (Å²) >= 11 is 0. The van der Waals surface area contributed by atoms with Crippen LogP contribution in [0.2, 0.25) is 0 Å². The Kier molecular flexibility index (Phi) is 5.93. The summed E-state index contributed by atoms with van der Waals surface area (Å²) in [5.41, 5.74) is 2.19. The first-order valence-corrected chi connectivity index (χ1v) is 11.4. The number of quaternary nitrogens is 2. The number of benzene rings is 1. The van der Waals surface area contributed by atoms with Gasteiger partial charge in [0.2, 0.25) is 0 Å². The zero-order valence-corrected chi connectivity index (χ0v) is 17.9. The topological polar surface area (TPSA) is 58.3 Å². The van der Waals surface area contributed by atoms with E-state index >= 15 is 0 Å². The van der Waals surface area contributed by atoms with Gasteiger partial charge in [-0.1, -0.05) is 57.4 Å². The highest BCUT2D eigenvalue weighted by Crippen LogP contribution is 2.33. The quantitative estimate of drug-likeness (QED) is 0.623. The highest BCUT2D eigenvalue weighted by molar-refractivity contribution is 6.06. The zero-order chi connectivity index (χ0) is 20.4. The number of imide groups is 1. The van der Waals surface area contributed by atoms with Crippen LogP contribution < -0.4 is 15.1 Å². The molecule has 1 aromatic rings. The van der Waals surface area contributed by atoms with Crippen LogP contribution >= 0.6 is 0 Å². The van der Waals surface area contributed by atoms with Gasteiger partial charge < -0.3 is 15.1 Å². The Morgan fingerprint density at radius 1 is 0.966 bits per heavy atom. The van der Waals surface area contributed by atoms with Crippen LogP contribution in [-0.4, -0.2) is 55.2 Å². The standard InChI is InChI=1S/C23H34N4O2/c1-18(2)20-8-6-19(7-9-20)16-25-12-14-26(15-13-25)17-27-21(28)23(24-22(27)29)10-4-3-5-11-23/h6-9,18H,3-5,10-17H2,1-2H3,(H,24,29)/p+2. The van der Waals surface area contributed by atoms with Crippen molar-refractivity contribution in [1.29, 1.82) is 0 Å². The number of hydrogen-bond donors (Lipinski definition) is 3. The molecule has 1 saturated carbocycles. The summed E-state index contributed by atoms with van der Waals surface area (Å²) in [7, 11) is 0. The minimum atomic E-state index is -0.593. The van der Waals surface area contributed by atoms with Gasteiger partial charge in [0.05, 0.1) is 0 Å². The molecule has 0 aromatic heterocycles. The number of rotatable bonds is 5. The first kappa shape index (κ1) is 20.4. The van der Waals surface area contributed by atoms with E-state index in [0.717, 1.165) is 58.4 Å². The van der Waals surface area contributed by atoms with Crippen molar-refractivity contribution in [3.8, 4) is 0 Å². The van der Waals surface area contributed by atoms with Gasteiger partial charge in [0.15, 0.2) is 6.67 Å². The normalized spacial score (nSPS) is 26.9. The molecule has 2 heterocycles. The van der Waals surface area contributed by atoms with Crippen molar-refractivity contribution in [3.05, 3.63) is 35.4 Å². The lowest BCUT2D eigenvalue weighted by Crippen LogP contribution is -3.28. The van der Waals surface area contributed by atoms with Crippen LogP contribution in [0.1, 0.15) is 63.0 Å². The summed E-state index contributed by atoms with van der Waals surface area (Å²) in [5.74, 6) is 0.594. The molecule has 2 saturated heterocycles. The Morgan fingerprint density at radius 3 is 2.21 bits per heavy atom. The fraction of sp³-hybridized carbons (Fsp3) is 0.652. The smallest absolute Gasteiger partial charge is 0.323 e. The van der Waals surface area contributed by atoms with Crippen molar-refractivity contribution in [3.63, 3.8) is 0 Å². The van der Waals surface area contributed by atoms with Gasteiger partial charge in [0.1, 0.15) is 38.3 Å². The second-order valence-electron chi connectivity index (χ2n) is 9.54. The fourth-order valence-corrected chi connectivity index (χ4v) is 5.14. The molecule has 2 aliphatic heterocycles. The molecular formula is C23H36N4O2+2. The Hall–Kier alpha value is -1.92. The molecule has 3 aliphatic rings. The molecule has 6 heteroatoms. The molecule has 1 aromatic carbocycles. The number of nitrogens with zero attached hydrogens (tertiary/aromatic N) is 1. The Bertz CT molecular complexity index is 732. The van der Waals surface area contributed by atoms with Crippen LogP contribution in [0.3, 0.4) is 0 Å². The van der Waals surface area contributed by atoms with E-state index in [9.17, 15) is 9.59 Å². The van der Waals surface area contributed by atoms with Crippen molar-refractivity contribution in [2.45, 2.75) is 64.0 Å². The molecule has 6 nitrogen and oxygen atoms in total. The predicted octanol–water partition coefficient (Wildman–Crippen LogP) is 0.306. The summed E-state index contributed by atoms with van der Waals surface area (Å²) in [6, 6.07) is 8.85. The van der Waals surface area contributed by atoms with Crippen molar-refractivity contribution in [2.24, 2.45) is 0 Å². The molecule has 158 valence electrons. The lowest BCUT2D eigenvalue weighted by molar-refractivity contribution is -1.02. The number of hydrogen-bond acceptors (Lipinski definition) is 2. The third-order valence-electron chi connectivity index (χ3n) is 7.10. The number of carbonyl (C=O) groups excluding carboxylic acids is 2. The summed E-state index contributed by atoms with van der Waals surface area (Å²) in [6.45, 7) is 10.2. The van der Waals surface area contributed by atoms with Crippen molar-refractivity contribution < 1.29 is 19.4 Å². The second-order valence-corrected chi connectivity index (χ2v) is 9.54. The summed E-state index contributed by atoms with van der Waals surface area (Å²) < 4.78 is 0. The van der Waals surface area contributed by atoms with Crippen LogP contribution in [-0.2, 0) is 11.3 Å². The van der Waals surface area contributed by atoms with E-state index in [1.54, 1.807) is 4.90 Å². The zero-order valence-electron chi connectivity index (χ0n) is 17.9. The maximum absolute atomic E-state index is 13.0. The Morgan fingerprint density at radius 2 is 1.59 bits per heavy atom. The third-order valence-corrected chi connectivity index (χ3v) is 7.10. The Balaban J connectivity index is 1.27. The van der Waals surface area contributed by atoms with Gasteiger partial charge in [-0.3, -0.25) is 4.79 Å². The monoisotopic (exact) mass is 400 g/mol. The number of amides is 3. The van der Waals surface area contributed by atoms with E-state index in [4.69, 9.17) is 0 Å². The first-order valence-electron chi connectivity index (χ1n) is 11.4. The van der Waals surface area contributed by atoms with E-state index in [1.165, 1.54) is 27.3 Å². The van der Waals surface area contributed by atoms with E-state index in [0.29, 0.717) is 12.6 Å². The van der Waals surface area contributed by atoms with Gasteiger partial charge in [-0.25, -0.2) is 9.69 Å². The van der Waals surface area contributed by atoms with E-state index in [-0.39, 0.29) is 11.9 Å². The highest BCUT2D eigenvalue weighted by Gasteiger charge is 2.52. The minimum Gasteiger partial charge on any atom is -0.323 e. The fourth-order valence-electron chi connectivity index (χ4n) is 5.14. The van der Waals surface area contributed by atoms with Crippen LogP contribution in [0.15, 0.2) is 24.3 Å². The van der Waals surface area contributed by atoms with Gasteiger partial charge in [0, 0.05) is 5.56 Å². The average Bonchev–Trinajstić information content (AvgIpc) is 2.94. The molecule has 29 heavy (non-hydrogen) atoms. The van der Waals surface area contributed by atoms with Gasteiger partial charge >= 0.3 is 6.03 Å². The molecule has 0 bridgehead atoms. The number of nitrogens with one attached hydrogen (secondary N) is 3. The largest absolute Gasteiger partial charge is 0.329 e. The third kappa shape index (κ3) is 4.33. The molecule has 1 spiro atoms. The highest BCUT2D eigenvalue weighted by atomic mass is 16.2. The number of carbonyl (C=O) groups is 2. The maximum atomic E-state index is 13.0. The minimum absolute atomic E-state index is 0.0229. The molecule has 3 fully saturated rings. The SMILES string of the molecule is CC(C)c1ccc(C[NH+]2CC[NH+](CN3C(=O)NC4(CCCCC4)C3=O)CC2)cc1. The summed E-state index contributed by atoms with van der Waals surface area (Å²) in [6.07, 6.45) is 4.84. The van der Waals surface area contributed by atoms with Gasteiger partial charge in [-0.2, -0.15) is 0 Å². The second kappa shape index (κ2) is 8.44. The predicted molar refractivity (Wildman–Crippen MR) is 112 cm³/mol. The number of urea groups is 1. The Labute approximate surface area is 174 Å². The molecule has 3 amide bonds. The molecule has 0 atom stereocenters. The van der Waals surface area contributed by atoms with Crippen LogP contribution in [0, 0.1) is 0 Å². The average molecular weight is 401 g/mol. The van der Waals surface area contributed by atoms with Crippen LogP contribution in [0.4, 0.5) is 4.79 Å². The molecule has 4 rings (SSSR count). The molecular weight excluding hydrogens is 364 g/mol. The maximum Gasteiger partial charge on any atom is 0.329 e.